The summed E-state index contributed by atoms with van der Waals surface area (Å²) in [5.41, 5.74) is 8.42. The van der Waals surface area contributed by atoms with Crippen molar-refractivity contribution in [2.24, 2.45) is 5.73 Å². The Hall–Kier alpha value is -0.420. The van der Waals surface area contributed by atoms with Gasteiger partial charge in [-0.25, -0.2) is 4.98 Å². The van der Waals surface area contributed by atoms with E-state index in [9.17, 15) is 0 Å². The molecule has 0 amide bonds. The number of benzene rings is 1. The Labute approximate surface area is 131 Å². The first-order valence-electron chi connectivity index (χ1n) is 5.95. The van der Waals surface area contributed by atoms with Gasteiger partial charge in [-0.05, 0) is 17.7 Å². The summed E-state index contributed by atoms with van der Waals surface area (Å²) in [6.07, 6.45) is 0. The molecule has 1 unspecified atom stereocenters. The van der Waals surface area contributed by atoms with Crippen molar-refractivity contribution in [2.45, 2.75) is 32.2 Å². The first kappa shape index (κ1) is 15.0. The van der Waals surface area contributed by atoms with Gasteiger partial charge in [-0.3, -0.25) is 0 Å². The second kappa shape index (κ2) is 5.52. The zero-order valence-corrected chi connectivity index (χ0v) is 14.2. The molecule has 0 aliphatic rings. The molecule has 0 radical (unpaired) electrons. The first-order chi connectivity index (χ1) is 8.79. The van der Waals surface area contributed by atoms with Crippen LogP contribution in [0.3, 0.4) is 0 Å². The van der Waals surface area contributed by atoms with Crippen LogP contribution in [0, 0.1) is 0 Å². The van der Waals surface area contributed by atoms with Crippen molar-refractivity contribution in [3.05, 3.63) is 49.3 Å². The smallest absolute Gasteiger partial charge is 0.114 e. The molecule has 2 aromatic rings. The zero-order valence-electron chi connectivity index (χ0n) is 11.1. The molecule has 2 N–H and O–H groups in total. The number of halogens is 2. The van der Waals surface area contributed by atoms with Crippen LogP contribution >= 0.6 is 38.9 Å². The monoisotopic (exact) mass is 358 g/mol. The number of aromatic nitrogens is 1. The molecule has 0 bridgehead atoms. The van der Waals surface area contributed by atoms with Crippen molar-refractivity contribution in [3.63, 3.8) is 0 Å². The number of rotatable bonds is 2. The molecular weight excluding hydrogens is 344 g/mol. The van der Waals surface area contributed by atoms with E-state index in [1.165, 1.54) is 0 Å². The van der Waals surface area contributed by atoms with Crippen molar-refractivity contribution < 1.29 is 0 Å². The van der Waals surface area contributed by atoms with Gasteiger partial charge in [0.1, 0.15) is 5.01 Å². The van der Waals surface area contributed by atoms with Gasteiger partial charge in [0.25, 0.3) is 0 Å². The molecule has 5 heteroatoms. The predicted molar refractivity (Wildman–Crippen MR) is 86.0 cm³/mol. The highest BCUT2D eigenvalue weighted by atomic mass is 79.9. The molecule has 1 aromatic carbocycles. The third kappa shape index (κ3) is 3.37. The van der Waals surface area contributed by atoms with Crippen LogP contribution in [0.15, 0.2) is 28.1 Å². The number of nitrogens with two attached hydrogens (primary N) is 1. The van der Waals surface area contributed by atoms with E-state index >= 15 is 0 Å². The number of thiazole rings is 1. The molecule has 0 saturated heterocycles. The van der Waals surface area contributed by atoms with E-state index in [4.69, 9.17) is 17.3 Å². The zero-order chi connectivity index (χ0) is 14.2. The fourth-order valence-corrected chi connectivity index (χ4v) is 3.65. The van der Waals surface area contributed by atoms with Crippen LogP contribution in [0.2, 0.25) is 5.02 Å². The maximum absolute atomic E-state index is 6.30. The lowest BCUT2D eigenvalue weighted by molar-refractivity contribution is 0.569. The minimum Gasteiger partial charge on any atom is -0.318 e. The maximum Gasteiger partial charge on any atom is 0.114 e. The quantitative estimate of drug-likeness (QED) is 0.828. The largest absolute Gasteiger partial charge is 0.318 e. The van der Waals surface area contributed by atoms with Crippen molar-refractivity contribution in [2.75, 3.05) is 0 Å². The Morgan fingerprint density at radius 1 is 1.37 bits per heavy atom. The minimum absolute atomic E-state index is 0.0473. The van der Waals surface area contributed by atoms with Crippen LogP contribution in [-0.4, -0.2) is 4.98 Å². The van der Waals surface area contributed by atoms with E-state index in [2.05, 4.69) is 47.1 Å². The third-order valence-electron chi connectivity index (χ3n) is 2.85. The molecule has 1 atom stereocenters. The number of hydrogen-bond acceptors (Lipinski definition) is 3. The Morgan fingerprint density at radius 3 is 2.58 bits per heavy atom. The Kier molecular flexibility index (Phi) is 4.35. The summed E-state index contributed by atoms with van der Waals surface area (Å²) in [6, 6.07) is 5.41. The summed E-state index contributed by atoms with van der Waals surface area (Å²) in [4.78, 5) is 4.66. The van der Waals surface area contributed by atoms with E-state index in [0.29, 0.717) is 5.02 Å². The molecule has 2 rings (SSSR count). The fraction of sp³-hybridized carbons (Fsp3) is 0.357. The van der Waals surface area contributed by atoms with Gasteiger partial charge in [0.15, 0.2) is 0 Å². The predicted octanol–water partition coefficient (Wildman–Crippen LogP) is 4.90. The normalized spacial score (nSPS) is 13.6. The Balaban J connectivity index is 2.34. The molecule has 19 heavy (non-hydrogen) atoms. The summed E-state index contributed by atoms with van der Waals surface area (Å²) < 4.78 is 0.917. The lowest BCUT2D eigenvalue weighted by Gasteiger charge is -2.15. The Bertz CT molecular complexity index is 589. The molecule has 1 aromatic heterocycles. The molecule has 102 valence electrons. The molecule has 0 aliphatic heterocycles. The highest BCUT2D eigenvalue weighted by Gasteiger charge is 2.21. The standard InChI is InChI=1S/C14H16BrClN2S/c1-14(2,3)11-7-19-13(18-11)12(17)9-5-4-8(16)6-10(9)15/h4-7,12H,17H2,1-3H3. The number of hydrogen-bond donors (Lipinski definition) is 1. The van der Waals surface area contributed by atoms with E-state index in [1.54, 1.807) is 11.3 Å². The molecule has 1 heterocycles. The molecule has 2 nitrogen and oxygen atoms in total. The van der Waals surface area contributed by atoms with Crippen LogP contribution in [0.4, 0.5) is 0 Å². The van der Waals surface area contributed by atoms with Crippen LogP contribution in [0.25, 0.3) is 0 Å². The summed E-state index contributed by atoms with van der Waals surface area (Å²) >= 11 is 11.1. The second-order valence-electron chi connectivity index (χ2n) is 5.46. The molecule has 0 spiro atoms. The van der Waals surface area contributed by atoms with Crippen LogP contribution in [-0.2, 0) is 5.41 Å². The third-order valence-corrected chi connectivity index (χ3v) is 4.70. The first-order valence-corrected chi connectivity index (χ1v) is 8.00. The lowest BCUT2D eigenvalue weighted by Crippen LogP contribution is -2.15. The van der Waals surface area contributed by atoms with E-state index < -0.39 is 0 Å². The van der Waals surface area contributed by atoms with Crippen molar-refractivity contribution in [3.8, 4) is 0 Å². The highest BCUT2D eigenvalue weighted by Crippen LogP contribution is 2.32. The van der Waals surface area contributed by atoms with Crippen molar-refractivity contribution >= 4 is 38.9 Å². The van der Waals surface area contributed by atoms with E-state index in [1.807, 2.05) is 18.2 Å². The van der Waals surface area contributed by atoms with Crippen LogP contribution < -0.4 is 5.73 Å². The lowest BCUT2D eigenvalue weighted by atomic mass is 9.93. The summed E-state index contributed by atoms with van der Waals surface area (Å²) in [7, 11) is 0. The molecule has 0 aliphatic carbocycles. The number of nitrogens with zero attached hydrogens (tertiary/aromatic N) is 1. The summed E-state index contributed by atoms with van der Waals surface area (Å²) in [5, 5.41) is 3.70. The maximum atomic E-state index is 6.30. The van der Waals surface area contributed by atoms with E-state index in [-0.39, 0.29) is 11.5 Å². The van der Waals surface area contributed by atoms with Gasteiger partial charge in [-0.1, -0.05) is 54.4 Å². The van der Waals surface area contributed by atoms with Crippen LogP contribution in [0.1, 0.15) is 43.1 Å². The molecular formula is C14H16BrClN2S. The SMILES string of the molecule is CC(C)(C)c1csc(C(N)c2ccc(Cl)cc2Br)n1. The average molecular weight is 360 g/mol. The second-order valence-corrected chi connectivity index (χ2v) is 7.64. The van der Waals surface area contributed by atoms with Crippen molar-refractivity contribution in [1.82, 2.24) is 4.98 Å². The van der Waals surface area contributed by atoms with E-state index in [0.717, 1.165) is 20.7 Å². The van der Waals surface area contributed by atoms with Gasteiger partial charge in [-0.2, -0.15) is 0 Å². The van der Waals surface area contributed by atoms with Gasteiger partial charge in [0, 0.05) is 20.3 Å². The van der Waals surface area contributed by atoms with Crippen molar-refractivity contribution in [1.29, 1.82) is 0 Å². The van der Waals surface area contributed by atoms with Gasteiger partial charge < -0.3 is 5.73 Å². The van der Waals surface area contributed by atoms with Crippen LogP contribution in [0.5, 0.6) is 0 Å². The van der Waals surface area contributed by atoms with Gasteiger partial charge >= 0.3 is 0 Å². The van der Waals surface area contributed by atoms with Gasteiger partial charge in [0.05, 0.1) is 11.7 Å². The molecule has 0 saturated carbocycles. The molecule has 0 fully saturated rings. The summed E-state index contributed by atoms with van der Waals surface area (Å²) in [6.45, 7) is 6.45. The van der Waals surface area contributed by atoms with Gasteiger partial charge in [0.2, 0.25) is 0 Å². The Morgan fingerprint density at radius 2 is 2.05 bits per heavy atom. The average Bonchev–Trinajstić information content (AvgIpc) is 2.76. The highest BCUT2D eigenvalue weighted by molar-refractivity contribution is 9.10. The minimum atomic E-state index is -0.229. The fourth-order valence-electron chi connectivity index (χ4n) is 1.66. The topological polar surface area (TPSA) is 38.9 Å². The van der Waals surface area contributed by atoms with Gasteiger partial charge in [-0.15, -0.1) is 11.3 Å². The summed E-state index contributed by atoms with van der Waals surface area (Å²) in [5.74, 6) is 0.